The zero-order valence-electron chi connectivity index (χ0n) is 15.2. The van der Waals surface area contributed by atoms with Crippen LogP contribution < -0.4 is 24.3 Å². The lowest BCUT2D eigenvalue weighted by Crippen LogP contribution is -2.04. The number of hydrogen-bond donors (Lipinski definition) is 1. The fourth-order valence-corrected chi connectivity index (χ4v) is 3.21. The summed E-state index contributed by atoms with van der Waals surface area (Å²) in [6, 6.07) is 11.3. The first kappa shape index (κ1) is 18.2. The molecule has 1 atom stereocenters. The van der Waals surface area contributed by atoms with Gasteiger partial charge in [0.2, 0.25) is 6.79 Å². The first-order valence-corrected chi connectivity index (χ1v) is 9.39. The summed E-state index contributed by atoms with van der Waals surface area (Å²) in [5.41, 5.74) is 2.37. The maximum absolute atomic E-state index is 9.60. The molecular formula is C20H16BrN3O4. The van der Waals surface area contributed by atoms with Crippen LogP contribution in [0.2, 0.25) is 0 Å². The number of pyridine rings is 1. The number of rotatable bonds is 5. The van der Waals surface area contributed by atoms with Crippen molar-refractivity contribution in [2.75, 3.05) is 19.2 Å². The molecule has 8 heteroatoms. The Morgan fingerprint density at radius 2 is 2.14 bits per heavy atom. The number of hydrogen-bond acceptors (Lipinski definition) is 7. The highest BCUT2D eigenvalue weighted by atomic mass is 79.9. The standard InChI is InChI=1S/C20H16BrN3O4/c1-11(21)28-18-7-15-13(6-17(18)25-2)19(12(8-22)9-23-15)24-14-4-3-5-16-20(14)27-10-26-16/h3-7,9,11H,10H2,1-2H3,(H,23,24). The van der Waals surface area contributed by atoms with Gasteiger partial charge in [-0.05, 0) is 41.1 Å². The molecular weight excluding hydrogens is 426 g/mol. The molecule has 1 aliphatic heterocycles. The van der Waals surface area contributed by atoms with E-state index in [1.165, 1.54) is 6.20 Å². The molecule has 0 bridgehead atoms. The number of anilines is 2. The summed E-state index contributed by atoms with van der Waals surface area (Å²) in [4.78, 5) is 4.40. The van der Waals surface area contributed by atoms with Gasteiger partial charge in [0.25, 0.3) is 0 Å². The quantitative estimate of drug-likeness (QED) is 0.573. The van der Waals surface area contributed by atoms with Gasteiger partial charge in [-0.3, -0.25) is 4.98 Å². The van der Waals surface area contributed by atoms with E-state index < -0.39 is 0 Å². The van der Waals surface area contributed by atoms with Crippen LogP contribution >= 0.6 is 15.9 Å². The number of fused-ring (bicyclic) bond motifs is 2. The van der Waals surface area contributed by atoms with E-state index in [0.29, 0.717) is 45.5 Å². The van der Waals surface area contributed by atoms with Gasteiger partial charge in [0.15, 0.2) is 28.0 Å². The number of ether oxygens (including phenoxy) is 4. The van der Waals surface area contributed by atoms with Crippen molar-refractivity contribution in [1.29, 1.82) is 5.26 Å². The van der Waals surface area contributed by atoms with Crippen molar-refractivity contribution in [3.63, 3.8) is 0 Å². The lowest BCUT2D eigenvalue weighted by Gasteiger charge is -2.16. The molecule has 0 spiro atoms. The molecule has 1 aliphatic rings. The fraction of sp³-hybridized carbons (Fsp3) is 0.200. The van der Waals surface area contributed by atoms with Gasteiger partial charge >= 0.3 is 0 Å². The SMILES string of the molecule is COc1cc2c(Nc3cccc4c3OCO4)c(C#N)cnc2cc1OC(C)Br. The summed E-state index contributed by atoms with van der Waals surface area (Å²) in [6.07, 6.45) is 1.53. The molecule has 1 N–H and O–H groups in total. The third-order valence-electron chi connectivity index (χ3n) is 4.22. The van der Waals surface area contributed by atoms with Gasteiger partial charge in [-0.1, -0.05) is 6.07 Å². The first-order valence-electron chi connectivity index (χ1n) is 8.48. The minimum atomic E-state index is -0.195. The van der Waals surface area contributed by atoms with Crippen LogP contribution in [0.25, 0.3) is 10.9 Å². The van der Waals surface area contributed by atoms with Crippen LogP contribution in [0.5, 0.6) is 23.0 Å². The molecule has 142 valence electrons. The average Bonchev–Trinajstić information content (AvgIpc) is 3.17. The van der Waals surface area contributed by atoms with Crippen molar-refractivity contribution in [1.82, 2.24) is 4.98 Å². The number of para-hydroxylation sites is 1. The Balaban J connectivity index is 1.87. The molecule has 0 aliphatic carbocycles. The molecule has 28 heavy (non-hydrogen) atoms. The van der Waals surface area contributed by atoms with Crippen LogP contribution in [0.1, 0.15) is 12.5 Å². The predicted molar refractivity (Wildman–Crippen MR) is 108 cm³/mol. The third kappa shape index (κ3) is 3.25. The maximum Gasteiger partial charge on any atom is 0.231 e. The van der Waals surface area contributed by atoms with Crippen molar-refractivity contribution in [2.24, 2.45) is 0 Å². The van der Waals surface area contributed by atoms with E-state index in [1.807, 2.05) is 25.1 Å². The van der Waals surface area contributed by atoms with Crippen molar-refractivity contribution in [3.05, 3.63) is 42.1 Å². The van der Waals surface area contributed by atoms with E-state index in [-0.39, 0.29) is 11.8 Å². The largest absolute Gasteiger partial charge is 0.493 e. The molecule has 2 aromatic carbocycles. The summed E-state index contributed by atoms with van der Waals surface area (Å²) in [5, 5.41) is 13.4. The Morgan fingerprint density at radius 1 is 1.29 bits per heavy atom. The Kier molecular flexibility index (Phi) is 4.84. The van der Waals surface area contributed by atoms with Crippen LogP contribution in [-0.2, 0) is 0 Å². The fourth-order valence-electron chi connectivity index (χ4n) is 3.01. The van der Waals surface area contributed by atoms with Crippen molar-refractivity contribution < 1.29 is 18.9 Å². The lowest BCUT2D eigenvalue weighted by atomic mass is 10.1. The highest BCUT2D eigenvalue weighted by Crippen LogP contribution is 2.43. The average molecular weight is 442 g/mol. The second-order valence-electron chi connectivity index (χ2n) is 6.00. The number of alkyl halides is 1. The smallest absolute Gasteiger partial charge is 0.231 e. The van der Waals surface area contributed by atoms with E-state index in [2.05, 4.69) is 32.3 Å². The number of nitriles is 1. The molecule has 1 aromatic heterocycles. The minimum absolute atomic E-state index is 0.162. The van der Waals surface area contributed by atoms with Gasteiger partial charge in [0, 0.05) is 17.6 Å². The second kappa shape index (κ2) is 7.44. The molecule has 0 fully saturated rings. The summed E-state index contributed by atoms with van der Waals surface area (Å²) < 4.78 is 22.2. The monoisotopic (exact) mass is 441 g/mol. The van der Waals surface area contributed by atoms with Crippen LogP contribution in [0.3, 0.4) is 0 Å². The molecule has 4 rings (SSSR count). The van der Waals surface area contributed by atoms with Crippen molar-refractivity contribution >= 4 is 38.2 Å². The molecule has 1 unspecified atom stereocenters. The third-order valence-corrected chi connectivity index (χ3v) is 4.41. The van der Waals surface area contributed by atoms with Gasteiger partial charge in [0.1, 0.15) is 6.07 Å². The van der Waals surface area contributed by atoms with Gasteiger partial charge < -0.3 is 24.3 Å². The maximum atomic E-state index is 9.60. The Labute approximate surface area is 169 Å². The number of nitrogens with one attached hydrogen (secondary N) is 1. The Bertz CT molecular complexity index is 1090. The van der Waals surface area contributed by atoms with E-state index in [4.69, 9.17) is 18.9 Å². The van der Waals surface area contributed by atoms with E-state index in [0.717, 1.165) is 5.39 Å². The number of nitrogens with zero attached hydrogens (tertiary/aromatic N) is 2. The summed E-state index contributed by atoms with van der Waals surface area (Å²) in [6.45, 7) is 2.02. The molecule has 7 nitrogen and oxygen atoms in total. The second-order valence-corrected chi connectivity index (χ2v) is 7.29. The van der Waals surface area contributed by atoms with Gasteiger partial charge in [0.05, 0.1) is 29.6 Å². The highest BCUT2D eigenvalue weighted by Gasteiger charge is 2.20. The zero-order chi connectivity index (χ0) is 19.7. The molecule has 3 aromatic rings. The number of aromatic nitrogens is 1. The van der Waals surface area contributed by atoms with E-state index in [9.17, 15) is 5.26 Å². The molecule has 0 saturated heterocycles. The number of benzene rings is 2. The lowest BCUT2D eigenvalue weighted by molar-refractivity contribution is 0.174. The van der Waals surface area contributed by atoms with Crippen LogP contribution in [0.4, 0.5) is 11.4 Å². The van der Waals surface area contributed by atoms with Crippen LogP contribution in [-0.4, -0.2) is 23.9 Å². The van der Waals surface area contributed by atoms with Gasteiger partial charge in [-0.2, -0.15) is 5.26 Å². The Morgan fingerprint density at radius 3 is 2.89 bits per heavy atom. The van der Waals surface area contributed by atoms with Gasteiger partial charge in [-0.25, -0.2) is 0 Å². The Hall–Kier alpha value is -3.18. The summed E-state index contributed by atoms with van der Waals surface area (Å²) in [5.74, 6) is 2.36. The van der Waals surface area contributed by atoms with E-state index in [1.54, 1.807) is 19.2 Å². The van der Waals surface area contributed by atoms with Crippen LogP contribution in [0, 0.1) is 11.3 Å². The van der Waals surface area contributed by atoms with Crippen molar-refractivity contribution in [2.45, 2.75) is 11.9 Å². The van der Waals surface area contributed by atoms with Crippen molar-refractivity contribution in [3.8, 4) is 29.1 Å². The summed E-state index contributed by atoms with van der Waals surface area (Å²) in [7, 11) is 1.57. The normalized spacial score (nSPS) is 13.1. The zero-order valence-corrected chi connectivity index (χ0v) is 16.7. The molecule has 0 radical (unpaired) electrons. The minimum Gasteiger partial charge on any atom is -0.493 e. The van der Waals surface area contributed by atoms with Gasteiger partial charge in [-0.15, -0.1) is 0 Å². The first-order chi connectivity index (χ1) is 13.6. The molecule has 0 amide bonds. The highest BCUT2D eigenvalue weighted by molar-refractivity contribution is 9.09. The van der Waals surface area contributed by atoms with Crippen LogP contribution in [0.15, 0.2) is 36.5 Å². The number of methoxy groups -OCH3 is 1. The van der Waals surface area contributed by atoms with E-state index >= 15 is 0 Å². The topological polar surface area (TPSA) is 85.6 Å². The molecule has 2 heterocycles. The number of halogens is 1. The summed E-state index contributed by atoms with van der Waals surface area (Å²) >= 11 is 3.37. The molecule has 0 saturated carbocycles. The predicted octanol–water partition coefficient (Wildman–Crippen LogP) is 4.71.